The number of hydrogen-bond donors (Lipinski definition) is 1. The Morgan fingerprint density at radius 2 is 2.15 bits per heavy atom. The predicted octanol–water partition coefficient (Wildman–Crippen LogP) is 2.97. The van der Waals surface area contributed by atoms with E-state index in [1.54, 1.807) is 0 Å². The van der Waals surface area contributed by atoms with E-state index in [1.807, 2.05) is 38.4 Å². The molecule has 0 aliphatic rings. The monoisotopic (exact) mass is 298 g/mol. The summed E-state index contributed by atoms with van der Waals surface area (Å²) in [6.45, 7) is 1.48. The van der Waals surface area contributed by atoms with Crippen LogP contribution in [0, 0.1) is 0 Å². The van der Waals surface area contributed by atoms with Crippen LogP contribution in [0.2, 0.25) is 0 Å². The summed E-state index contributed by atoms with van der Waals surface area (Å²) in [5, 5.41) is 2.87. The molecule has 0 fully saturated rings. The lowest BCUT2D eigenvalue weighted by Gasteiger charge is -2.12. The number of carbonyl (C=O) groups is 1. The van der Waals surface area contributed by atoms with Crippen molar-refractivity contribution in [3.05, 3.63) is 24.3 Å². The summed E-state index contributed by atoms with van der Waals surface area (Å²) in [5.41, 5.74) is 0.767. The second-order valence-corrected chi connectivity index (χ2v) is 5.25. The Morgan fingerprint density at radius 3 is 2.85 bits per heavy atom. The fraction of sp³-hybridized carbons (Fsp3) is 0.533. The summed E-state index contributed by atoms with van der Waals surface area (Å²) in [4.78, 5) is 13.8. The number of nitrogens with zero attached hydrogens (tertiary/aromatic N) is 1. The van der Waals surface area contributed by atoms with Crippen molar-refractivity contribution in [1.82, 2.24) is 4.90 Å². The van der Waals surface area contributed by atoms with E-state index in [-0.39, 0.29) is 5.91 Å². The molecule has 1 aromatic rings. The molecule has 1 rings (SSSR count). The number of hydrogen-bond acceptors (Lipinski definition) is 3. The lowest BCUT2D eigenvalue weighted by atomic mass is 10.2. The molecule has 1 aromatic carbocycles. The summed E-state index contributed by atoms with van der Waals surface area (Å²) < 4.78 is 5.63. The summed E-state index contributed by atoms with van der Waals surface area (Å²) in [5.74, 6) is 1.38. The first-order valence-corrected chi connectivity index (χ1v) is 7.38. The van der Waals surface area contributed by atoms with Crippen LogP contribution in [0.25, 0.3) is 0 Å². The summed E-state index contributed by atoms with van der Waals surface area (Å²) in [6.07, 6.45) is 2.18. The first-order chi connectivity index (χ1) is 9.61. The van der Waals surface area contributed by atoms with E-state index in [2.05, 4.69) is 10.2 Å². The molecular weight excluding hydrogens is 276 g/mol. The van der Waals surface area contributed by atoms with Crippen LogP contribution in [0.1, 0.15) is 19.3 Å². The van der Waals surface area contributed by atoms with E-state index in [0.29, 0.717) is 18.9 Å². The van der Waals surface area contributed by atoms with Gasteiger partial charge in [-0.05, 0) is 39.1 Å². The number of nitrogens with one attached hydrogen (secondary N) is 1. The zero-order valence-electron chi connectivity index (χ0n) is 12.2. The predicted molar refractivity (Wildman–Crippen MR) is 83.7 cm³/mol. The molecule has 0 radical (unpaired) electrons. The Labute approximate surface area is 126 Å². The SMILES string of the molecule is CN(C)CCOc1cccc(NC(=O)CCCCCl)c1. The topological polar surface area (TPSA) is 41.6 Å². The van der Waals surface area contributed by atoms with Crippen LogP contribution < -0.4 is 10.1 Å². The molecule has 20 heavy (non-hydrogen) atoms. The first-order valence-electron chi connectivity index (χ1n) is 6.85. The Hall–Kier alpha value is -1.26. The third-order valence-corrected chi connectivity index (χ3v) is 2.98. The Kier molecular flexibility index (Phi) is 8.07. The highest BCUT2D eigenvalue weighted by molar-refractivity contribution is 6.17. The van der Waals surface area contributed by atoms with Gasteiger partial charge in [0.25, 0.3) is 0 Å². The van der Waals surface area contributed by atoms with Gasteiger partial charge in [-0.2, -0.15) is 0 Å². The third-order valence-electron chi connectivity index (χ3n) is 2.71. The fourth-order valence-corrected chi connectivity index (χ4v) is 1.80. The molecule has 0 bridgehead atoms. The largest absolute Gasteiger partial charge is 0.492 e. The van der Waals surface area contributed by atoms with Crippen LogP contribution in [0.15, 0.2) is 24.3 Å². The normalized spacial score (nSPS) is 10.6. The zero-order valence-corrected chi connectivity index (χ0v) is 12.9. The lowest BCUT2D eigenvalue weighted by Crippen LogP contribution is -2.19. The molecule has 5 heteroatoms. The minimum Gasteiger partial charge on any atom is -0.492 e. The van der Waals surface area contributed by atoms with Crippen molar-refractivity contribution in [3.63, 3.8) is 0 Å². The first kappa shape index (κ1) is 16.8. The molecule has 4 nitrogen and oxygen atoms in total. The van der Waals surface area contributed by atoms with E-state index in [1.165, 1.54) is 0 Å². The lowest BCUT2D eigenvalue weighted by molar-refractivity contribution is -0.116. The molecule has 112 valence electrons. The molecule has 1 amide bonds. The van der Waals surface area contributed by atoms with Crippen LogP contribution in [-0.2, 0) is 4.79 Å². The van der Waals surface area contributed by atoms with Gasteiger partial charge in [-0.1, -0.05) is 6.07 Å². The van der Waals surface area contributed by atoms with Crippen LogP contribution >= 0.6 is 11.6 Å². The summed E-state index contributed by atoms with van der Waals surface area (Å²) in [7, 11) is 4.00. The maximum Gasteiger partial charge on any atom is 0.224 e. The Bertz CT molecular complexity index is 411. The number of rotatable bonds is 9. The molecule has 0 atom stereocenters. The van der Waals surface area contributed by atoms with Gasteiger partial charge < -0.3 is 15.0 Å². The summed E-state index contributed by atoms with van der Waals surface area (Å²) >= 11 is 5.58. The number of ether oxygens (including phenoxy) is 1. The number of likely N-dealkylation sites (N-methyl/N-ethyl adjacent to an activating group) is 1. The van der Waals surface area contributed by atoms with E-state index >= 15 is 0 Å². The highest BCUT2D eigenvalue weighted by Gasteiger charge is 2.03. The highest BCUT2D eigenvalue weighted by atomic mass is 35.5. The molecule has 0 spiro atoms. The highest BCUT2D eigenvalue weighted by Crippen LogP contribution is 2.17. The molecule has 0 aliphatic carbocycles. The van der Waals surface area contributed by atoms with Crippen molar-refractivity contribution >= 4 is 23.2 Å². The van der Waals surface area contributed by atoms with Gasteiger partial charge in [-0.3, -0.25) is 4.79 Å². The van der Waals surface area contributed by atoms with Crippen molar-refractivity contribution in [2.75, 3.05) is 38.4 Å². The number of alkyl halides is 1. The number of anilines is 1. The molecule has 0 saturated carbocycles. The average molecular weight is 299 g/mol. The maximum absolute atomic E-state index is 11.7. The number of carbonyl (C=O) groups excluding carboxylic acids is 1. The average Bonchev–Trinajstić information content (AvgIpc) is 2.39. The Morgan fingerprint density at radius 1 is 1.35 bits per heavy atom. The maximum atomic E-state index is 11.7. The number of amides is 1. The van der Waals surface area contributed by atoms with E-state index in [0.717, 1.165) is 30.8 Å². The van der Waals surface area contributed by atoms with Crippen molar-refractivity contribution in [2.45, 2.75) is 19.3 Å². The van der Waals surface area contributed by atoms with Crippen molar-refractivity contribution in [2.24, 2.45) is 0 Å². The van der Waals surface area contributed by atoms with Gasteiger partial charge in [0.1, 0.15) is 12.4 Å². The second kappa shape index (κ2) is 9.61. The van der Waals surface area contributed by atoms with E-state index in [9.17, 15) is 4.79 Å². The van der Waals surface area contributed by atoms with Crippen molar-refractivity contribution < 1.29 is 9.53 Å². The standard InChI is InChI=1S/C15H23ClN2O2/c1-18(2)10-11-20-14-7-5-6-13(12-14)17-15(19)8-3-4-9-16/h5-7,12H,3-4,8-11H2,1-2H3,(H,17,19). The minimum atomic E-state index is 0.0144. The van der Waals surface area contributed by atoms with Crippen LogP contribution in [0.4, 0.5) is 5.69 Å². The van der Waals surface area contributed by atoms with Crippen LogP contribution in [0.3, 0.4) is 0 Å². The van der Waals surface area contributed by atoms with Crippen molar-refractivity contribution in [3.8, 4) is 5.75 Å². The van der Waals surface area contributed by atoms with Gasteiger partial charge in [0.2, 0.25) is 5.91 Å². The second-order valence-electron chi connectivity index (χ2n) is 4.87. The molecular formula is C15H23ClN2O2. The molecule has 0 saturated heterocycles. The van der Waals surface area contributed by atoms with Gasteiger partial charge in [-0.15, -0.1) is 11.6 Å². The van der Waals surface area contributed by atoms with Crippen LogP contribution in [0.5, 0.6) is 5.75 Å². The third kappa shape index (κ3) is 7.36. The van der Waals surface area contributed by atoms with E-state index in [4.69, 9.17) is 16.3 Å². The number of unbranched alkanes of at least 4 members (excludes halogenated alkanes) is 1. The quantitative estimate of drug-likeness (QED) is 0.563. The molecule has 0 heterocycles. The molecule has 0 unspecified atom stereocenters. The Balaban J connectivity index is 2.40. The van der Waals surface area contributed by atoms with Gasteiger partial charge in [0.05, 0.1) is 0 Å². The van der Waals surface area contributed by atoms with Crippen LogP contribution in [-0.4, -0.2) is 43.9 Å². The molecule has 0 aromatic heterocycles. The summed E-state index contributed by atoms with van der Waals surface area (Å²) in [6, 6.07) is 7.46. The van der Waals surface area contributed by atoms with Gasteiger partial charge in [0.15, 0.2) is 0 Å². The minimum absolute atomic E-state index is 0.0144. The molecule has 0 aliphatic heterocycles. The van der Waals surface area contributed by atoms with E-state index < -0.39 is 0 Å². The van der Waals surface area contributed by atoms with Gasteiger partial charge in [-0.25, -0.2) is 0 Å². The molecule has 1 N–H and O–H groups in total. The van der Waals surface area contributed by atoms with Crippen molar-refractivity contribution in [1.29, 1.82) is 0 Å². The zero-order chi connectivity index (χ0) is 14.8. The number of halogens is 1. The number of benzene rings is 1. The fourth-order valence-electron chi connectivity index (χ4n) is 1.61. The van der Waals surface area contributed by atoms with Gasteiger partial charge >= 0.3 is 0 Å². The smallest absolute Gasteiger partial charge is 0.224 e. The van der Waals surface area contributed by atoms with Gasteiger partial charge in [0, 0.05) is 30.6 Å².